The lowest BCUT2D eigenvalue weighted by Crippen LogP contribution is -2.25. The van der Waals surface area contributed by atoms with E-state index in [4.69, 9.17) is 0 Å². The lowest BCUT2D eigenvalue weighted by Gasteiger charge is -2.21. The number of hydrogen-bond acceptors (Lipinski definition) is 3. The van der Waals surface area contributed by atoms with E-state index >= 15 is 0 Å². The van der Waals surface area contributed by atoms with Gasteiger partial charge in [0, 0.05) is 16.7 Å². The van der Waals surface area contributed by atoms with Crippen LogP contribution in [0.4, 0.5) is 17.6 Å². The van der Waals surface area contributed by atoms with Crippen molar-refractivity contribution >= 4 is 28.6 Å². The van der Waals surface area contributed by atoms with Gasteiger partial charge in [-0.05, 0) is 42.3 Å². The van der Waals surface area contributed by atoms with E-state index in [1.807, 2.05) is 20.8 Å². The highest BCUT2D eigenvalue weighted by Crippen LogP contribution is 2.38. The predicted molar refractivity (Wildman–Crippen MR) is 115 cm³/mol. The minimum atomic E-state index is -4.48. The molecule has 0 aliphatic rings. The molecule has 0 unspecified atom stereocenters. The van der Waals surface area contributed by atoms with Crippen LogP contribution in [0.1, 0.15) is 47.8 Å². The van der Waals surface area contributed by atoms with Crippen LogP contribution >= 0.6 is 11.8 Å². The van der Waals surface area contributed by atoms with E-state index in [9.17, 15) is 22.4 Å². The molecule has 0 radical (unpaired) electrons. The third-order valence-corrected chi connectivity index (χ3v) is 5.61. The van der Waals surface area contributed by atoms with Crippen molar-refractivity contribution in [3.63, 3.8) is 0 Å². The Hall–Kier alpha value is -2.61. The molecule has 0 spiro atoms. The van der Waals surface area contributed by atoms with Crippen LogP contribution in [0.5, 0.6) is 0 Å². The molecule has 3 nitrogen and oxygen atoms in total. The number of aryl methyl sites for hydroxylation is 1. The van der Waals surface area contributed by atoms with Crippen molar-refractivity contribution in [2.75, 3.05) is 0 Å². The van der Waals surface area contributed by atoms with E-state index in [0.717, 1.165) is 12.1 Å². The zero-order valence-corrected chi connectivity index (χ0v) is 18.3. The average molecular weight is 451 g/mol. The van der Waals surface area contributed by atoms with Crippen LogP contribution in [0.15, 0.2) is 47.5 Å². The highest BCUT2D eigenvalue weighted by Gasteiger charge is 2.31. The number of amides is 1. The van der Waals surface area contributed by atoms with Crippen LogP contribution in [0, 0.1) is 12.7 Å². The molecule has 1 amide bonds. The van der Waals surface area contributed by atoms with Gasteiger partial charge in [-0.25, -0.2) is 9.37 Å². The van der Waals surface area contributed by atoms with E-state index in [2.05, 4.69) is 10.3 Å². The van der Waals surface area contributed by atoms with Gasteiger partial charge in [-0.15, -0.1) is 0 Å². The summed E-state index contributed by atoms with van der Waals surface area (Å²) >= 11 is 1.31. The fourth-order valence-corrected chi connectivity index (χ4v) is 4.20. The maximum absolute atomic E-state index is 13.4. The molecular formula is C23H22F4N2OS. The van der Waals surface area contributed by atoms with Crippen molar-refractivity contribution in [3.8, 4) is 0 Å². The second kappa shape index (κ2) is 8.49. The van der Waals surface area contributed by atoms with Crippen LogP contribution in [0.2, 0.25) is 0 Å². The van der Waals surface area contributed by atoms with Crippen molar-refractivity contribution in [1.29, 1.82) is 0 Å². The summed E-state index contributed by atoms with van der Waals surface area (Å²) < 4.78 is 52.6. The maximum Gasteiger partial charge on any atom is 0.416 e. The number of hydrogen-bond donors (Lipinski definition) is 1. The number of carbonyl (C=O) groups excluding carboxylic acids is 1. The average Bonchev–Trinajstić information content (AvgIpc) is 2.64. The Bertz CT molecular complexity index is 1140. The molecule has 0 atom stereocenters. The van der Waals surface area contributed by atoms with Gasteiger partial charge in [0.05, 0.1) is 16.6 Å². The summed E-state index contributed by atoms with van der Waals surface area (Å²) in [6.45, 7) is 7.60. The summed E-state index contributed by atoms with van der Waals surface area (Å²) in [4.78, 5) is 17.5. The molecule has 3 rings (SSSR count). The topological polar surface area (TPSA) is 42.0 Å². The van der Waals surface area contributed by atoms with Gasteiger partial charge in [-0.1, -0.05) is 50.7 Å². The molecule has 0 aliphatic carbocycles. The minimum absolute atomic E-state index is 0.112. The summed E-state index contributed by atoms with van der Waals surface area (Å²) in [5.74, 6) is -0.817. The molecule has 0 aliphatic heterocycles. The lowest BCUT2D eigenvalue weighted by atomic mass is 10.0. The number of aromatic nitrogens is 1. The fourth-order valence-electron chi connectivity index (χ4n) is 3.13. The third-order valence-electron chi connectivity index (χ3n) is 4.51. The number of nitrogens with zero attached hydrogens (tertiary/aromatic N) is 1. The standard InChI is InChI=1S/C23H22F4N2OS/c1-13-17-9-8-15(23(25,26)27)11-18(17)29-21(31-22(2,3)4)19(13)20(30)28-12-14-6-5-7-16(24)10-14/h5-11H,12H2,1-4H3,(H,28,30). The molecule has 1 heterocycles. The molecular weight excluding hydrogens is 428 g/mol. The fraction of sp³-hybridized carbons (Fsp3) is 0.304. The van der Waals surface area contributed by atoms with Crippen molar-refractivity contribution in [1.82, 2.24) is 10.3 Å². The molecule has 2 aromatic carbocycles. The van der Waals surface area contributed by atoms with Gasteiger partial charge >= 0.3 is 6.18 Å². The zero-order chi connectivity index (χ0) is 23.0. The number of rotatable bonds is 4. The largest absolute Gasteiger partial charge is 0.416 e. The quantitative estimate of drug-likeness (QED) is 0.363. The molecule has 8 heteroatoms. The number of carbonyl (C=O) groups is 1. The summed E-state index contributed by atoms with van der Waals surface area (Å²) in [7, 11) is 0. The van der Waals surface area contributed by atoms with Crippen LogP contribution < -0.4 is 5.32 Å². The predicted octanol–water partition coefficient (Wildman–Crippen LogP) is 6.52. The number of pyridine rings is 1. The molecule has 3 aromatic rings. The van der Waals surface area contributed by atoms with Crippen molar-refractivity contribution < 1.29 is 22.4 Å². The summed E-state index contributed by atoms with van der Waals surface area (Å²) in [5.41, 5.74) is 0.841. The normalized spacial score (nSPS) is 12.3. The van der Waals surface area contributed by atoms with Crippen LogP contribution in [0.3, 0.4) is 0 Å². The number of alkyl halides is 3. The van der Waals surface area contributed by atoms with Gasteiger partial charge < -0.3 is 5.32 Å². The Labute approximate surface area is 182 Å². The first-order chi connectivity index (χ1) is 14.3. The Morgan fingerprint density at radius 3 is 2.42 bits per heavy atom. The Morgan fingerprint density at radius 1 is 1.10 bits per heavy atom. The molecule has 31 heavy (non-hydrogen) atoms. The van der Waals surface area contributed by atoms with E-state index in [1.165, 1.54) is 30.0 Å². The summed E-state index contributed by atoms with van der Waals surface area (Å²) in [6.07, 6.45) is -4.48. The van der Waals surface area contributed by atoms with Gasteiger partial charge in [-0.2, -0.15) is 13.2 Å². The second-order valence-electron chi connectivity index (χ2n) is 8.17. The summed E-state index contributed by atoms with van der Waals surface area (Å²) in [5, 5.41) is 3.60. The van der Waals surface area contributed by atoms with Gasteiger partial charge in [0.15, 0.2) is 0 Å². The monoisotopic (exact) mass is 450 g/mol. The molecule has 0 saturated carbocycles. The molecule has 0 saturated heterocycles. The van der Waals surface area contributed by atoms with Crippen LogP contribution in [0.25, 0.3) is 10.9 Å². The Balaban J connectivity index is 2.06. The van der Waals surface area contributed by atoms with Crippen molar-refractivity contribution in [2.24, 2.45) is 0 Å². The molecule has 164 valence electrons. The van der Waals surface area contributed by atoms with E-state index in [1.54, 1.807) is 19.1 Å². The number of thioether (sulfide) groups is 1. The molecule has 0 fully saturated rings. The van der Waals surface area contributed by atoms with Gasteiger partial charge in [0.2, 0.25) is 0 Å². The smallest absolute Gasteiger partial charge is 0.348 e. The first-order valence-corrected chi connectivity index (χ1v) is 10.4. The number of nitrogens with one attached hydrogen (secondary N) is 1. The number of halogens is 4. The second-order valence-corrected chi connectivity index (χ2v) is 9.99. The van der Waals surface area contributed by atoms with Crippen molar-refractivity contribution in [3.05, 3.63) is 70.5 Å². The molecule has 0 bridgehead atoms. The van der Waals surface area contributed by atoms with E-state index in [0.29, 0.717) is 27.1 Å². The number of fused-ring (bicyclic) bond motifs is 1. The van der Waals surface area contributed by atoms with Gasteiger partial charge in [0.25, 0.3) is 5.91 Å². The van der Waals surface area contributed by atoms with Gasteiger partial charge in [0.1, 0.15) is 10.8 Å². The third kappa shape index (κ3) is 5.55. The van der Waals surface area contributed by atoms with Crippen LogP contribution in [-0.4, -0.2) is 15.6 Å². The van der Waals surface area contributed by atoms with Crippen molar-refractivity contribution in [2.45, 2.75) is 50.2 Å². The van der Waals surface area contributed by atoms with Crippen LogP contribution in [-0.2, 0) is 12.7 Å². The minimum Gasteiger partial charge on any atom is -0.348 e. The Kier molecular flexibility index (Phi) is 6.32. The maximum atomic E-state index is 13.4. The lowest BCUT2D eigenvalue weighted by molar-refractivity contribution is -0.137. The van der Waals surface area contributed by atoms with E-state index in [-0.39, 0.29) is 16.8 Å². The highest BCUT2D eigenvalue weighted by atomic mass is 32.2. The first-order valence-electron chi connectivity index (χ1n) is 9.58. The zero-order valence-electron chi connectivity index (χ0n) is 17.5. The van der Waals surface area contributed by atoms with Gasteiger partial charge in [-0.3, -0.25) is 4.79 Å². The SMILES string of the molecule is Cc1c(C(=O)NCc2cccc(F)c2)c(SC(C)(C)C)nc2cc(C(F)(F)F)ccc12. The Morgan fingerprint density at radius 2 is 1.81 bits per heavy atom. The molecule has 1 N–H and O–H groups in total. The first kappa shape index (κ1) is 23.1. The number of benzene rings is 2. The summed E-state index contributed by atoms with van der Waals surface area (Å²) in [6, 6.07) is 9.23. The molecule has 1 aromatic heterocycles. The highest BCUT2D eigenvalue weighted by molar-refractivity contribution is 8.00. The van der Waals surface area contributed by atoms with E-state index < -0.39 is 23.5 Å².